The molecular formula is C15H14Cl3N. The molecule has 2 aromatic rings. The maximum Gasteiger partial charge on any atom is 0.0709 e. The molecular weight excluding hydrogens is 301 g/mol. The number of rotatable bonds is 5. The monoisotopic (exact) mass is 313 g/mol. The summed E-state index contributed by atoms with van der Waals surface area (Å²) in [5, 5.41) is 4.57. The number of halogens is 3. The number of hydrogen-bond donors (Lipinski definition) is 1. The van der Waals surface area contributed by atoms with Gasteiger partial charge in [-0.2, -0.15) is 0 Å². The molecule has 1 unspecified atom stereocenters. The van der Waals surface area contributed by atoms with Crippen LogP contribution in [0.25, 0.3) is 0 Å². The van der Waals surface area contributed by atoms with Crippen molar-refractivity contribution in [2.45, 2.75) is 11.9 Å². The average Bonchev–Trinajstić information content (AvgIpc) is 2.42. The van der Waals surface area contributed by atoms with Gasteiger partial charge in [0.05, 0.1) is 5.38 Å². The lowest BCUT2D eigenvalue weighted by molar-refractivity contribution is 0.675. The van der Waals surface area contributed by atoms with Crippen molar-refractivity contribution in [3.05, 3.63) is 69.7 Å². The van der Waals surface area contributed by atoms with Gasteiger partial charge in [-0.15, -0.1) is 11.6 Å². The Morgan fingerprint density at radius 3 is 2.42 bits per heavy atom. The van der Waals surface area contributed by atoms with Crippen molar-refractivity contribution in [2.75, 3.05) is 6.54 Å². The van der Waals surface area contributed by atoms with Crippen LogP contribution >= 0.6 is 34.8 Å². The second kappa shape index (κ2) is 7.16. The van der Waals surface area contributed by atoms with E-state index < -0.39 is 0 Å². The van der Waals surface area contributed by atoms with Gasteiger partial charge in [0.1, 0.15) is 0 Å². The van der Waals surface area contributed by atoms with E-state index in [9.17, 15) is 0 Å². The number of benzene rings is 2. The predicted octanol–water partition coefficient (Wildman–Crippen LogP) is 5.06. The lowest BCUT2D eigenvalue weighted by atomic mass is 10.1. The molecule has 0 radical (unpaired) electrons. The van der Waals surface area contributed by atoms with Crippen LogP contribution in [-0.2, 0) is 6.54 Å². The Labute approximate surface area is 128 Å². The Morgan fingerprint density at radius 1 is 1.00 bits per heavy atom. The van der Waals surface area contributed by atoms with Crippen LogP contribution in [0.4, 0.5) is 0 Å². The molecule has 0 aliphatic carbocycles. The quantitative estimate of drug-likeness (QED) is 0.760. The van der Waals surface area contributed by atoms with Crippen LogP contribution in [0.5, 0.6) is 0 Å². The number of hydrogen-bond acceptors (Lipinski definition) is 1. The standard InChI is InChI=1S/C15H14Cl3N/c16-13-7-6-12(14(17)8-13)9-19-10-15(18)11-4-2-1-3-5-11/h1-8,15,19H,9-10H2. The SMILES string of the molecule is Clc1ccc(CNCC(Cl)c2ccccc2)c(Cl)c1. The van der Waals surface area contributed by atoms with Crippen LogP contribution in [0.15, 0.2) is 48.5 Å². The molecule has 0 saturated heterocycles. The first kappa shape index (κ1) is 14.7. The molecule has 2 rings (SSSR count). The molecule has 0 saturated carbocycles. The van der Waals surface area contributed by atoms with Crippen molar-refractivity contribution in [3.63, 3.8) is 0 Å². The van der Waals surface area contributed by atoms with E-state index in [2.05, 4.69) is 5.32 Å². The highest BCUT2D eigenvalue weighted by atomic mass is 35.5. The van der Waals surface area contributed by atoms with Crippen molar-refractivity contribution in [2.24, 2.45) is 0 Å². The lowest BCUT2D eigenvalue weighted by Crippen LogP contribution is -2.18. The summed E-state index contributed by atoms with van der Waals surface area (Å²) >= 11 is 18.3. The van der Waals surface area contributed by atoms with Gasteiger partial charge in [-0.3, -0.25) is 0 Å². The number of alkyl halides is 1. The summed E-state index contributed by atoms with van der Waals surface area (Å²) in [6, 6.07) is 15.5. The summed E-state index contributed by atoms with van der Waals surface area (Å²) in [4.78, 5) is 0. The van der Waals surface area contributed by atoms with Gasteiger partial charge in [0.2, 0.25) is 0 Å². The minimum atomic E-state index is -0.0488. The maximum absolute atomic E-state index is 6.32. The van der Waals surface area contributed by atoms with Crippen LogP contribution in [0.3, 0.4) is 0 Å². The van der Waals surface area contributed by atoms with Gasteiger partial charge < -0.3 is 5.32 Å². The van der Waals surface area contributed by atoms with E-state index >= 15 is 0 Å². The Kier molecular flexibility index (Phi) is 5.53. The maximum atomic E-state index is 6.32. The first-order chi connectivity index (χ1) is 9.16. The third-order valence-corrected chi connectivity index (χ3v) is 3.81. The molecule has 0 fully saturated rings. The second-order valence-corrected chi connectivity index (χ2v) is 5.62. The smallest absolute Gasteiger partial charge is 0.0709 e. The van der Waals surface area contributed by atoms with Gasteiger partial charge in [0, 0.05) is 23.1 Å². The summed E-state index contributed by atoms with van der Waals surface area (Å²) in [6.07, 6.45) is 0. The van der Waals surface area contributed by atoms with Gasteiger partial charge in [0.25, 0.3) is 0 Å². The van der Waals surface area contributed by atoms with Gasteiger partial charge in [-0.25, -0.2) is 0 Å². The molecule has 0 aliphatic rings. The fraction of sp³-hybridized carbons (Fsp3) is 0.200. The van der Waals surface area contributed by atoms with E-state index in [1.165, 1.54) is 0 Å². The normalized spacial score (nSPS) is 12.4. The van der Waals surface area contributed by atoms with Crippen LogP contribution in [0, 0.1) is 0 Å². The summed E-state index contributed by atoms with van der Waals surface area (Å²) in [5.74, 6) is 0. The Morgan fingerprint density at radius 2 is 1.74 bits per heavy atom. The van der Waals surface area contributed by atoms with E-state index in [0.717, 1.165) is 11.1 Å². The van der Waals surface area contributed by atoms with Crippen LogP contribution in [-0.4, -0.2) is 6.54 Å². The lowest BCUT2D eigenvalue weighted by Gasteiger charge is -2.12. The Balaban J connectivity index is 1.86. The number of nitrogens with one attached hydrogen (secondary N) is 1. The topological polar surface area (TPSA) is 12.0 Å². The minimum Gasteiger partial charge on any atom is -0.311 e. The molecule has 0 aliphatic heterocycles. The molecule has 0 spiro atoms. The van der Waals surface area contributed by atoms with E-state index in [1.54, 1.807) is 6.07 Å². The summed E-state index contributed by atoms with van der Waals surface area (Å²) in [6.45, 7) is 1.36. The van der Waals surface area contributed by atoms with Crippen LogP contribution in [0.1, 0.15) is 16.5 Å². The fourth-order valence-corrected chi connectivity index (χ4v) is 2.51. The van der Waals surface area contributed by atoms with E-state index in [-0.39, 0.29) is 5.38 Å². The van der Waals surface area contributed by atoms with E-state index in [4.69, 9.17) is 34.8 Å². The van der Waals surface area contributed by atoms with Crippen LogP contribution in [0.2, 0.25) is 10.0 Å². The molecule has 0 amide bonds. The van der Waals surface area contributed by atoms with Crippen molar-refractivity contribution in [3.8, 4) is 0 Å². The zero-order valence-electron chi connectivity index (χ0n) is 10.2. The first-order valence-corrected chi connectivity index (χ1v) is 7.19. The zero-order chi connectivity index (χ0) is 13.7. The average molecular weight is 315 g/mol. The fourth-order valence-electron chi connectivity index (χ4n) is 1.78. The zero-order valence-corrected chi connectivity index (χ0v) is 12.5. The third kappa shape index (κ3) is 4.39. The highest BCUT2D eigenvalue weighted by molar-refractivity contribution is 6.35. The molecule has 0 aromatic heterocycles. The van der Waals surface area contributed by atoms with Gasteiger partial charge in [-0.1, -0.05) is 59.6 Å². The molecule has 4 heteroatoms. The van der Waals surface area contributed by atoms with E-state index in [1.807, 2.05) is 42.5 Å². The highest BCUT2D eigenvalue weighted by Gasteiger charge is 2.07. The van der Waals surface area contributed by atoms with Gasteiger partial charge >= 0.3 is 0 Å². The molecule has 1 nitrogen and oxygen atoms in total. The van der Waals surface area contributed by atoms with Crippen molar-refractivity contribution >= 4 is 34.8 Å². The van der Waals surface area contributed by atoms with Crippen LogP contribution < -0.4 is 5.32 Å². The summed E-state index contributed by atoms with van der Waals surface area (Å²) in [7, 11) is 0. The Bertz CT molecular complexity index is 528. The highest BCUT2D eigenvalue weighted by Crippen LogP contribution is 2.22. The molecule has 2 aromatic carbocycles. The molecule has 0 bridgehead atoms. The summed E-state index contributed by atoms with van der Waals surface area (Å²) < 4.78 is 0. The Hall–Kier alpha value is -0.730. The minimum absolute atomic E-state index is 0.0488. The predicted molar refractivity (Wildman–Crippen MR) is 83.2 cm³/mol. The van der Waals surface area contributed by atoms with Crippen molar-refractivity contribution in [1.82, 2.24) is 5.32 Å². The van der Waals surface area contributed by atoms with Crippen molar-refractivity contribution < 1.29 is 0 Å². The molecule has 100 valence electrons. The van der Waals surface area contributed by atoms with Gasteiger partial charge in [-0.05, 0) is 23.3 Å². The summed E-state index contributed by atoms with van der Waals surface area (Å²) in [5.41, 5.74) is 2.13. The second-order valence-electron chi connectivity index (χ2n) is 4.24. The molecule has 1 N–H and O–H groups in total. The molecule has 1 atom stereocenters. The third-order valence-electron chi connectivity index (χ3n) is 2.82. The first-order valence-electron chi connectivity index (χ1n) is 6.00. The molecule has 19 heavy (non-hydrogen) atoms. The van der Waals surface area contributed by atoms with E-state index in [0.29, 0.717) is 23.1 Å². The molecule has 0 heterocycles. The van der Waals surface area contributed by atoms with Gasteiger partial charge in [0.15, 0.2) is 0 Å². The largest absolute Gasteiger partial charge is 0.311 e. The van der Waals surface area contributed by atoms with Crippen molar-refractivity contribution in [1.29, 1.82) is 0 Å².